The summed E-state index contributed by atoms with van der Waals surface area (Å²) in [6.07, 6.45) is 0.540. The molecule has 0 fully saturated rings. The maximum absolute atomic E-state index is 12.2. The second-order valence-electron chi connectivity index (χ2n) is 5.69. The molecule has 0 saturated heterocycles. The molecule has 8 nitrogen and oxygen atoms in total. The molecule has 2 aromatic heterocycles. The molecule has 1 unspecified atom stereocenters. The van der Waals surface area contributed by atoms with Gasteiger partial charge in [0.2, 0.25) is 5.91 Å². The normalized spacial score (nSPS) is 12.0. The summed E-state index contributed by atoms with van der Waals surface area (Å²) in [5, 5.41) is 24.2. The predicted octanol–water partition coefficient (Wildman–Crippen LogP) is 1.52. The summed E-state index contributed by atoms with van der Waals surface area (Å²) in [5.41, 5.74) is 1.36. The van der Waals surface area contributed by atoms with Gasteiger partial charge in [-0.1, -0.05) is 41.9 Å². The Labute approximate surface area is 153 Å². The number of amides is 1. The standard InChI is InChI=1S/C17H16ClN5O3/c18-13-6-7-14-20-21-15(23(14)22-13)8-9-16(24)19-12(17(25)26)10-11-4-2-1-3-5-11/h1-7,12H,8-10H2,(H,19,24)(H,25,26). The first-order valence-electron chi connectivity index (χ1n) is 7.96. The Morgan fingerprint density at radius 2 is 1.92 bits per heavy atom. The van der Waals surface area contributed by atoms with E-state index in [1.807, 2.05) is 30.3 Å². The molecule has 0 aliphatic carbocycles. The molecule has 1 aromatic carbocycles. The number of aryl methyl sites for hydroxylation is 1. The van der Waals surface area contributed by atoms with Crippen molar-refractivity contribution in [3.63, 3.8) is 0 Å². The van der Waals surface area contributed by atoms with Crippen LogP contribution in [0.2, 0.25) is 5.15 Å². The SMILES string of the molecule is O=C(CCc1nnc2ccc(Cl)nn12)NC(Cc1ccccc1)C(=O)O. The second-order valence-corrected chi connectivity index (χ2v) is 6.08. The van der Waals surface area contributed by atoms with Crippen molar-refractivity contribution in [3.05, 3.63) is 59.0 Å². The van der Waals surface area contributed by atoms with Crippen molar-refractivity contribution in [3.8, 4) is 0 Å². The van der Waals surface area contributed by atoms with E-state index in [9.17, 15) is 14.7 Å². The van der Waals surface area contributed by atoms with E-state index >= 15 is 0 Å². The van der Waals surface area contributed by atoms with Crippen molar-refractivity contribution < 1.29 is 14.7 Å². The smallest absolute Gasteiger partial charge is 0.326 e. The Balaban J connectivity index is 1.61. The monoisotopic (exact) mass is 373 g/mol. The van der Waals surface area contributed by atoms with E-state index in [0.717, 1.165) is 5.56 Å². The maximum Gasteiger partial charge on any atom is 0.326 e. The zero-order valence-corrected chi connectivity index (χ0v) is 14.4. The molecule has 0 aliphatic heterocycles. The summed E-state index contributed by atoms with van der Waals surface area (Å²) < 4.78 is 1.47. The van der Waals surface area contributed by atoms with Gasteiger partial charge in [0.1, 0.15) is 11.2 Å². The minimum Gasteiger partial charge on any atom is -0.480 e. The molecule has 0 spiro atoms. The van der Waals surface area contributed by atoms with Gasteiger partial charge in [-0.15, -0.1) is 10.2 Å². The van der Waals surface area contributed by atoms with Gasteiger partial charge in [-0.25, -0.2) is 4.79 Å². The van der Waals surface area contributed by atoms with Crippen LogP contribution in [0.3, 0.4) is 0 Å². The molecule has 2 N–H and O–H groups in total. The number of carboxylic acid groups (broad SMARTS) is 1. The number of carbonyl (C=O) groups excluding carboxylic acids is 1. The van der Waals surface area contributed by atoms with Crippen molar-refractivity contribution >= 4 is 29.1 Å². The summed E-state index contributed by atoms with van der Waals surface area (Å²) in [4.78, 5) is 23.6. The van der Waals surface area contributed by atoms with Crippen LogP contribution in [-0.4, -0.2) is 42.8 Å². The lowest BCUT2D eigenvalue weighted by Gasteiger charge is -2.14. The lowest BCUT2D eigenvalue weighted by molar-refractivity contribution is -0.141. The van der Waals surface area contributed by atoms with Gasteiger partial charge in [0.05, 0.1) is 0 Å². The van der Waals surface area contributed by atoms with Crippen LogP contribution in [0.15, 0.2) is 42.5 Å². The van der Waals surface area contributed by atoms with E-state index < -0.39 is 12.0 Å². The van der Waals surface area contributed by atoms with Crippen molar-refractivity contribution in [1.82, 2.24) is 25.1 Å². The Kier molecular flexibility index (Phi) is 5.43. The molecule has 2 heterocycles. The van der Waals surface area contributed by atoms with Gasteiger partial charge in [-0.05, 0) is 17.7 Å². The van der Waals surface area contributed by atoms with Gasteiger partial charge in [-0.2, -0.15) is 9.61 Å². The zero-order chi connectivity index (χ0) is 18.5. The topological polar surface area (TPSA) is 109 Å². The fraction of sp³-hybridized carbons (Fsp3) is 0.235. The number of rotatable bonds is 7. The molecule has 26 heavy (non-hydrogen) atoms. The number of hydrogen-bond acceptors (Lipinski definition) is 5. The quantitative estimate of drug-likeness (QED) is 0.649. The Morgan fingerprint density at radius 1 is 1.15 bits per heavy atom. The second kappa shape index (κ2) is 7.92. The molecular weight excluding hydrogens is 358 g/mol. The molecule has 0 saturated carbocycles. The maximum atomic E-state index is 12.2. The summed E-state index contributed by atoms with van der Waals surface area (Å²) in [6.45, 7) is 0. The third-order valence-electron chi connectivity index (χ3n) is 3.79. The lowest BCUT2D eigenvalue weighted by Crippen LogP contribution is -2.42. The highest BCUT2D eigenvalue weighted by Crippen LogP contribution is 2.09. The highest BCUT2D eigenvalue weighted by Gasteiger charge is 2.20. The van der Waals surface area contributed by atoms with Gasteiger partial charge < -0.3 is 10.4 Å². The summed E-state index contributed by atoms with van der Waals surface area (Å²) in [5.74, 6) is -0.983. The van der Waals surface area contributed by atoms with Gasteiger partial charge in [0.25, 0.3) is 0 Å². The Bertz CT molecular complexity index is 929. The van der Waals surface area contributed by atoms with Crippen LogP contribution in [0.4, 0.5) is 0 Å². The number of nitrogens with zero attached hydrogens (tertiary/aromatic N) is 4. The molecule has 134 valence electrons. The minimum atomic E-state index is -1.08. The summed E-state index contributed by atoms with van der Waals surface area (Å²) in [7, 11) is 0. The number of fused-ring (bicyclic) bond motifs is 1. The molecule has 3 rings (SSSR count). The molecule has 0 aliphatic rings. The highest BCUT2D eigenvalue weighted by molar-refractivity contribution is 6.29. The summed E-state index contributed by atoms with van der Waals surface area (Å²) in [6, 6.07) is 11.4. The number of aliphatic carboxylic acids is 1. The number of nitrogens with one attached hydrogen (secondary N) is 1. The van der Waals surface area contributed by atoms with Crippen LogP contribution in [0.5, 0.6) is 0 Å². The zero-order valence-electron chi connectivity index (χ0n) is 13.7. The fourth-order valence-electron chi connectivity index (χ4n) is 2.51. The van der Waals surface area contributed by atoms with Crippen LogP contribution in [0, 0.1) is 0 Å². The Hall–Kier alpha value is -3.00. The van der Waals surface area contributed by atoms with E-state index in [0.29, 0.717) is 11.5 Å². The molecule has 0 bridgehead atoms. The molecule has 3 aromatic rings. The van der Waals surface area contributed by atoms with Crippen LogP contribution in [-0.2, 0) is 22.4 Å². The van der Waals surface area contributed by atoms with E-state index in [2.05, 4.69) is 20.6 Å². The minimum absolute atomic E-state index is 0.0631. The fourth-order valence-corrected chi connectivity index (χ4v) is 2.65. The number of carbonyl (C=O) groups is 2. The third kappa shape index (κ3) is 4.34. The average Bonchev–Trinajstić information content (AvgIpc) is 3.02. The number of aromatic nitrogens is 4. The van der Waals surface area contributed by atoms with E-state index in [1.165, 1.54) is 4.52 Å². The van der Waals surface area contributed by atoms with Crippen molar-refractivity contribution in [2.24, 2.45) is 0 Å². The van der Waals surface area contributed by atoms with Gasteiger partial charge in [0.15, 0.2) is 11.5 Å². The average molecular weight is 374 g/mol. The van der Waals surface area contributed by atoms with E-state index in [1.54, 1.807) is 12.1 Å². The van der Waals surface area contributed by atoms with Crippen LogP contribution in [0.1, 0.15) is 17.8 Å². The lowest BCUT2D eigenvalue weighted by atomic mass is 10.1. The third-order valence-corrected chi connectivity index (χ3v) is 3.99. The largest absolute Gasteiger partial charge is 0.480 e. The molecule has 1 amide bonds. The molecule has 1 atom stereocenters. The van der Waals surface area contributed by atoms with Crippen LogP contribution < -0.4 is 5.32 Å². The van der Waals surface area contributed by atoms with Gasteiger partial charge in [-0.3, -0.25) is 4.79 Å². The van der Waals surface area contributed by atoms with Crippen LogP contribution >= 0.6 is 11.6 Å². The van der Waals surface area contributed by atoms with Crippen molar-refractivity contribution in [2.45, 2.75) is 25.3 Å². The van der Waals surface area contributed by atoms with Crippen molar-refractivity contribution in [1.29, 1.82) is 0 Å². The van der Waals surface area contributed by atoms with Gasteiger partial charge >= 0.3 is 5.97 Å². The molecular formula is C17H16ClN5O3. The number of hydrogen-bond donors (Lipinski definition) is 2. The Morgan fingerprint density at radius 3 is 2.65 bits per heavy atom. The van der Waals surface area contributed by atoms with Gasteiger partial charge in [0, 0.05) is 19.3 Å². The van der Waals surface area contributed by atoms with E-state index in [4.69, 9.17) is 11.6 Å². The number of benzene rings is 1. The molecule has 9 heteroatoms. The number of halogens is 1. The summed E-state index contributed by atoms with van der Waals surface area (Å²) >= 11 is 5.86. The first-order valence-corrected chi connectivity index (χ1v) is 8.33. The van der Waals surface area contributed by atoms with Crippen LogP contribution in [0.25, 0.3) is 5.65 Å². The number of carboxylic acids is 1. The first kappa shape index (κ1) is 17.8. The highest BCUT2D eigenvalue weighted by atomic mass is 35.5. The van der Waals surface area contributed by atoms with Crippen molar-refractivity contribution in [2.75, 3.05) is 0 Å². The predicted molar refractivity (Wildman–Crippen MR) is 93.8 cm³/mol. The first-order chi connectivity index (χ1) is 12.5. The van der Waals surface area contributed by atoms with E-state index in [-0.39, 0.29) is 30.3 Å². The molecule has 0 radical (unpaired) electrons.